The smallest absolute Gasteiger partial charge is 0.134 e. The Morgan fingerprint density at radius 3 is 2.30 bits per heavy atom. The van der Waals surface area contributed by atoms with Gasteiger partial charge in [-0.05, 0) is 86.4 Å². The first-order valence-electron chi connectivity index (χ1n) is 9.19. The second kappa shape index (κ2) is 6.67. The SMILES string of the molecule is Cc1cc2nc(/C=C\c3nc4cc(C)c(C)cc4n3CCO)[nH]c2cc1C. The van der Waals surface area contributed by atoms with Crippen LogP contribution in [0.15, 0.2) is 24.3 Å². The average Bonchev–Trinajstić information content (AvgIpc) is 3.16. The van der Waals surface area contributed by atoms with Crippen molar-refractivity contribution < 1.29 is 5.11 Å². The summed E-state index contributed by atoms with van der Waals surface area (Å²) >= 11 is 0. The van der Waals surface area contributed by atoms with Crippen LogP contribution in [-0.2, 0) is 6.54 Å². The number of nitrogens with zero attached hydrogens (tertiary/aromatic N) is 3. The van der Waals surface area contributed by atoms with E-state index in [1.54, 1.807) is 0 Å². The molecule has 0 atom stereocenters. The molecule has 2 aromatic carbocycles. The highest BCUT2D eigenvalue weighted by Gasteiger charge is 2.10. The molecule has 0 fully saturated rings. The molecule has 0 saturated carbocycles. The van der Waals surface area contributed by atoms with Gasteiger partial charge in [0.1, 0.15) is 11.6 Å². The highest BCUT2D eigenvalue weighted by atomic mass is 16.3. The quantitative estimate of drug-likeness (QED) is 0.570. The summed E-state index contributed by atoms with van der Waals surface area (Å²) in [7, 11) is 0. The van der Waals surface area contributed by atoms with Crippen LogP contribution in [-0.4, -0.2) is 31.2 Å². The van der Waals surface area contributed by atoms with Crippen LogP contribution in [0.2, 0.25) is 0 Å². The monoisotopic (exact) mass is 360 g/mol. The molecule has 5 heteroatoms. The molecule has 0 radical (unpaired) electrons. The van der Waals surface area contributed by atoms with E-state index < -0.39 is 0 Å². The standard InChI is InChI=1S/C22H24N4O/c1-13-9-17-18(10-14(13)2)24-21(23-17)5-6-22-25-19-11-15(3)16(4)12-20(19)26(22)7-8-27/h5-6,9-12,27H,7-8H2,1-4H3,(H,23,24)/b6-5-. The molecule has 2 N–H and O–H groups in total. The van der Waals surface area contributed by atoms with E-state index in [1.807, 2.05) is 12.2 Å². The van der Waals surface area contributed by atoms with Gasteiger partial charge in [-0.25, -0.2) is 9.97 Å². The normalized spacial score (nSPS) is 12.0. The number of aliphatic hydroxyl groups excluding tert-OH is 1. The number of aliphatic hydroxyl groups is 1. The van der Waals surface area contributed by atoms with Crippen molar-refractivity contribution in [2.24, 2.45) is 0 Å². The number of aromatic nitrogens is 4. The van der Waals surface area contributed by atoms with E-state index in [0.29, 0.717) is 6.54 Å². The lowest BCUT2D eigenvalue weighted by Gasteiger charge is -2.05. The molecule has 0 amide bonds. The molecule has 0 unspecified atom stereocenters. The van der Waals surface area contributed by atoms with Gasteiger partial charge in [0.25, 0.3) is 0 Å². The molecule has 0 saturated heterocycles. The first kappa shape index (κ1) is 17.5. The van der Waals surface area contributed by atoms with Gasteiger partial charge in [0, 0.05) is 6.54 Å². The lowest BCUT2D eigenvalue weighted by Crippen LogP contribution is -2.04. The summed E-state index contributed by atoms with van der Waals surface area (Å²) in [5.41, 5.74) is 8.91. The Hall–Kier alpha value is -2.92. The summed E-state index contributed by atoms with van der Waals surface area (Å²) in [6.45, 7) is 8.97. The van der Waals surface area contributed by atoms with Gasteiger partial charge in [0.2, 0.25) is 0 Å². The highest BCUT2D eigenvalue weighted by molar-refractivity contribution is 5.83. The fraction of sp³-hybridized carbons (Fsp3) is 0.273. The Morgan fingerprint density at radius 2 is 1.56 bits per heavy atom. The lowest BCUT2D eigenvalue weighted by atomic mass is 10.1. The number of nitrogens with one attached hydrogen (secondary N) is 1. The van der Waals surface area contributed by atoms with Crippen molar-refractivity contribution in [3.63, 3.8) is 0 Å². The molecule has 0 aliphatic rings. The maximum Gasteiger partial charge on any atom is 0.134 e. The highest BCUT2D eigenvalue weighted by Crippen LogP contribution is 2.23. The molecule has 4 rings (SSSR count). The minimum Gasteiger partial charge on any atom is -0.395 e. The fourth-order valence-electron chi connectivity index (χ4n) is 3.38. The number of hydrogen-bond donors (Lipinski definition) is 2. The molecular formula is C22H24N4O. The van der Waals surface area contributed by atoms with Crippen LogP contribution in [0, 0.1) is 27.7 Å². The number of hydrogen-bond acceptors (Lipinski definition) is 3. The number of rotatable bonds is 4. The minimum atomic E-state index is 0.0718. The van der Waals surface area contributed by atoms with Crippen LogP contribution >= 0.6 is 0 Å². The number of imidazole rings is 2. The van der Waals surface area contributed by atoms with Crippen LogP contribution in [0.25, 0.3) is 34.2 Å². The molecule has 2 heterocycles. The Labute approximate surface area is 158 Å². The first-order chi connectivity index (χ1) is 13.0. The van der Waals surface area contributed by atoms with Gasteiger partial charge in [-0.1, -0.05) is 0 Å². The third-order valence-electron chi connectivity index (χ3n) is 5.22. The van der Waals surface area contributed by atoms with Gasteiger partial charge >= 0.3 is 0 Å². The van der Waals surface area contributed by atoms with Crippen LogP contribution in [0.3, 0.4) is 0 Å². The second-order valence-corrected chi connectivity index (χ2v) is 7.18. The third kappa shape index (κ3) is 3.15. The van der Waals surface area contributed by atoms with Crippen LogP contribution in [0.5, 0.6) is 0 Å². The van der Waals surface area contributed by atoms with Gasteiger partial charge in [0.15, 0.2) is 0 Å². The predicted molar refractivity (Wildman–Crippen MR) is 111 cm³/mol. The number of H-pyrrole nitrogens is 1. The van der Waals surface area contributed by atoms with Crippen molar-refractivity contribution in [3.8, 4) is 0 Å². The second-order valence-electron chi connectivity index (χ2n) is 7.18. The van der Waals surface area contributed by atoms with Crippen molar-refractivity contribution in [1.82, 2.24) is 19.5 Å². The maximum atomic E-state index is 9.49. The Balaban J connectivity index is 1.77. The van der Waals surface area contributed by atoms with E-state index >= 15 is 0 Å². The van der Waals surface area contributed by atoms with Crippen LogP contribution < -0.4 is 0 Å². The minimum absolute atomic E-state index is 0.0718. The summed E-state index contributed by atoms with van der Waals surface area (Å²) in [6.07, 6.45) is 3.90. The third-order valence-corrected chi connectivity index (χ3v) is 5.22. The largest absolute Gasteiger partial charge is 0.395 e. The van der Waals surface area contributed by atoms with Crippen molar-refractivity contribution in [1.29, 1.82) is 0 Å². The summed E-state index contributed by atoms with van der Waals surface area (Å²) in [4.78, 5) is 12.8. The summed E-state index contributed by atoms with van der Waals surface area (Å²) in [6, 6.07) is 8.46. The molecule has 4 aromatic rings. The van der Waals surface area contributed by atoms with Crippen molar-refractivity contribution in [2.75, 3.05) is 6.61 Å². The molecule has 5 nitrogen and oxygen atoms in total. The maximum absolute atomic E-state index is 9.49. The Kier molecular flexibility index (Phi) is 4.32. The van der Waals surface area contributed by atoms with Crippen molar-refractivity contribution in [3.05, 3.63) is 58.2 Å². The van der Waals surface area contributed by atoms with E-state index in [-0.39, 0.29) is 6.61 Å². The molecule has 0 aliphatic heterocycles. The number of aromatic amines is 1. The Bertz CT molecular complexity index is 1140. The number of aryl methyl sites for hydroxylation is 4. The zero-order valence-corrected chi connectivity index (χ0v) is 16.2. The number of benzene rings is 2. The molecule has 0 aliphatic carbocycles. The molecule has 0 bridgehead atoms. The average molecular weight is 360 g/mol. The molecule has 27 heavy (non-hydrogen) atoms. The van der Waals surface area contributed by atoms with Crippen molar-refractivity contribution >= 4 is 34.2 Å². The Morgan fingerprint density at radius 1 is 0.889 bits per heavy atom. The zero-order chi connectivity index (χ0) is 19.1. The van der Waals surface area contributed by atoms with E-state index in [2.05, 4.69) is 66.5 Å². The van der Waals surface area contributed by atoms with E-state index in [1.165, 1.54) is 22.3 Å². The van der Waals surface area contributed by atoms with Gasteiger partial charge in [-0.15, -0.1) is 0 Å². The summed E-state index contributed by atoms with van der Waals surface area (Å²) < 4.78 is 2.05. The topological polar surface area (TPSA) is 66.7 Å². The lowest BCUT2D eigenvalue weighted by molar-refractivity contribution is 0.277. The van der Waals surface area contributed by atoms with E-state index in [4.69, 9.17) is 4.98 Å². The van der Waals surface area contributed by atoms with E-state index in [9.17, 15) is 5.11 Å². The molecular weight excluding hydrogens is 336 g/mol. The molecule has 0 spiro atoms. The van der Waals surface area contributed by atoms with Crippen LogP contribution in [0.4, 0.5) is 0 Å². The summed E-state index contributed by atoms with van der Waals surface area (Å²) in [5.74, 6) is 1.61. The van der Waals surface area contributed by atoms with Gasteiger partial charge in [-0.3, -0.25) is 0 Å². The zero-order valence-electron chi connectivity index (χ0n) is 16.2. The van der Waals surface area contributed by atoms with Crippen LogP contribution in [0.1, 0.15) is 33.9 Å². The van der Waals surface area contributed by atoms with Gasteiger partial charge in [0.05, 0.1) is 28.7 Å². The van der Waals surface area contributed by atoms with E-state index in [0.717, 1.165) is 33.7 Å². The van der Waals surface area contributed by atoms with Gasteiger partial charge < -0.3 is 14.7 Å². The molecule has 138 valence electrons. The number of fused-ring (bicyclic) bond motifs is 2. The predicted octanol–water partition coefficient (Wildman–Crippen LogP) is 4.31. The fourth-order valence-corrected chi connectivity index (χ4v) is 3.38. The molecule has 2 aromatic heterocycles. The first-order valence-corrected chi connectivity index (χ1v) is 9.19. The summed E-state index contributed by atoms with van der Waals surface area (Å²) in [5, 5.41) is 9.49. The van der Waals surface area contributed by atoms with Crippen molar-refractivity contribution in [2.45, 2.75) is 34.2 Å². The van der Waals surface area contributed by atoms with Gasteiger partial charge in [-0.2, -0.15) is 0 Å².